The summed E-state index contributed by atoms with van der Waals surface area (Å²) in [7, 11) is 0. The number of nitrogens with zero attached hydrogens (tertiary/aromatic N) is 1. The molecule has 0 aliphatic heterocycles. The number of carbonyl (C=O) groups excluding carboxylic acids is 2. The predicted octanol–water partition coefficient (Wildman–Crippen LogP) is 4.87. The van der Waals surface area contributed by atoms with Gasteiger partial charge in [-0.1, -0.05) is 31.2 Å². The van der Waals surface area contributed by atoms with Crippen LogP contribution in [0.25, 0.3) is 5.52 Å². The van der Waals surface area contributed by atoms with Gasteiger partial charge in [0.25, 0.3) is 0 Å². The summed E-state index contributed by atoms with van der Waals surface area (Å²) in [5.74, 6) is 0.0154. The Morgan fingerprint density at radius 1 is 1.10 bits per heavy atom. The highest BCUT2D eigenvalue weighted by atomic mass is 16.1. The van der Waals surface area contributed by atoms with Gasteiger partial charge in [0.15, 0.2) is 0 Å². The summed E-state index contributed by atoms with van der Waals surface area (Å²) in [6.45, 7) is 9.53. The predicted molar refractivity (Wildman–Crippen MR) is 118 cm³/mol. The Morgan fingerprint density at radius 3 is 2.45 bits per heavy atom. The molecule has 3 aromatic rings. The molecule has 0 saturated carbocycles. The van der Waals surface area contributed by atoms with Crippen molar-refractivity contribution in [2.75, 3.05) is 6.54 Å². The first kappa shape index (κ1) is 21.0. The van der Waals surface area contributed by atoms with Gasteiger partial charge in [-0.2, -0.15) is 0 Å². The normalized spacial score (nSPS) is 11.7. The Morgan fingerprint density at radius 2 is 1.83 bits per heavy atom. The van der Waals surface area contributed by atoms with Crippen molar-refractivity contribution >= 4 is 17.6 Å². The van der Waals surface area contributed by atoms with Crippen molar-refractivity contribution in [2.45, 2.75) is 52.5 Å². The number of aldehydes is 1. The maximum absolute atomic E-state index is 13.2. The van der Waals surface area contributed by atoms with E-state index in [1.807, 2.05) is 41.8 Å². The molecule has 2 heterocycles. The van der Waals surface area contributed by atoms with Crippen LogP contribution in [-0.4, -0.2) is 28.6 Å². The van der Waals surface area contributed by atoms with Crippen LogP contribution in [0.5, 0.6) is 0 Å². The van der Waals surface area contributed by atoms with Gasteiger partial charge in [0, 0.05) is 28.4 Å². The van der Waals surface area contributed by atoms with E-state index in [-0.39, 0.29) is 11.3 Å². The third kappa shape index (κ3) is 5.01. The van der Waals surface area contributed by atoms with Crippen molar-refractivity contribution in [1.29, 1.82) is 0 Å². The summed E-state index contributed by atoms with van der Waals surface area (Å²) in [4.78, 5) is 24.3. The zero-order chi connectivity index (χ0) is 21.0. The van der Waals surface area contributed by atoms with E-state index in [1.54, 1.807) is 6.07 Å². The van der Waals surface area contributed by atoms with Gasteiger partial charge >= 0.3 is 0 Å². The lowest BCUT2D eigenvalue weighted by atomic mass is 10.0. The minimum absolute atomic E-state index is 0.0154. The lowest BCUT2D eigenvalue weighted by molar-refractivity contribution is 0.103. The first-order valence-electron chi connectivity index (χ1n) is 10.3. The molecule has 0 unspecified atom stereocenters. The molecule has 4 nitrogen and oxygen atoms in total. The number of ketones is 1. The monoisotopic (exact) mass is 390 g/mol. The van der Waals surface area contributed by atoms with E-state index in [4.69, 9.17) is 0 Å². The van der Waals surface area contributed by atoms with Gasteiger partial charge in [0.05, 0.1) is 5.69 Å². The number of carbonyl (C=O) groups is 2. The van der Waals surface area contributed by atoms with Gasteiger partial charge in [-0.05, 0) is 75.9 Å². The molecule has 0 saturated heterocycles. The highest BCUT2D eigenvalue weighted by Gasteiger charge is 2.18. The molecule has 0 spiro atoms. The lowest BCUT2D eigenvalue weighted by Gasteiger charge is -2.20. The number of hydrogen-bond donors (Lipinski definition) is 1. The molecule has 0 bridgehead atoms. The Bertz CT molecular complexity index is 1010. The van der Waals surface area contributed by atoms with Crippen LogP contribution in [0.15, 0.2) is 48.7 Å². The second kappa shape index (κ2) is 8.75. The van der Waals surface area contributed by atoms with Crippen LogP contribution in [0.1, 0.15) is 71.7 Å². The second-order valence-electron chi connectivity index (χ2n) is 8.55. The summed E-state index contributed by atoms with van der Waals surface area (Å²) in [5.41, 5.74) is 5.23. The minimum atomic E-state index is 0.0154. The van der Waals surface area contributed by atoms with Crippen molar-refractivity contribution in [3.05, 3.63) is 76.6 Å². The van der Waals surface area contributed by atoms with Gasteiger partial charge in [-0.15, -0.1) is 0 Å². The zero-order valence-electron chi connectivity index (χ0n) is 17.8. The lowest BCUT2D eigenvalue weighted by Crippen LogP contribution is -2.36. The second-order valence-corrected chi connectivity index (χ2v) is 8.55. The third-order valence-electron chi connectivity index (χ3n) is 5.12. The van der Waals surface area contributed by atoms with Gasteiger partial charge < -0.3 is 9.72 Å². The van der Waals surface area contributed by atoms with E-state index in [9.17, 15) is 9.59 Å². The SMILES string of the molecule is CCc1cc2cc(C=O)ccn2c1C(=O)c1ccc(CCCNC(C)(C)C)cc1. The van der Waals surface area contributed by atoms with Crippen molar-refractivity contribution < 1.29 is 9.59 Å². The number of aromatic nitrogens is 1. The van der Waals surface area contributed by atoms with Gasteiger partial charge in [0.2, 0.25) is 5.78 Å². The number of pyridine rings is 1. The van der Waals surface area contributed by atoms with Crippen molar-refractivity contribution in [3.63, 3.8) is 0 Å². The molecule has 3 rings (SSSR count). The molecule has 0 fully saturated rings. The molecule has 2 aromatic heterocycles. The summed E-state index contributed by atoms with van der Waals surface area (Å²) in [5, 5.41) is 3.50. The number of rotatable bonds is 8. The molecule has 0 aliphatic rings. The van der Waals surface area contributed by atoms with Crippen LogP contribution in [0.2, 0.25) is 0 Å². The fourth-order valence-electron chi connectivity index (χ4n) is 3.56. The van der Waals surface area contributed by atoms with Crippen molar-refractivity contribution in [3.8, 4) is 0 Å². The summed E-state index contributed by atoms with van der Waals surface area (Å²) in [6.07, 6.45) is 5.45. The smallest absolute Gasteiger partial charge is 0.210 e. The molecule has 29 heavy (non-hydrogen) atoms. The Labute approximate surface area is 172 Å². The average Bonchev–Trinajstić information content (AvgIpc) is 3.08. The van der Waals surface area contributed by atoms with Crippen LogP contribution < -0.4 is 5.32 Å². The van der Waals surface area contributed by atoms with E-state index in [2.05, 4.69) is 38.2 Å². The van der Waals surface area contributed by atoms with Crippen LogP contribution in [-0.2, 0) is 12.8 Å². The van der Waals surface area contributed by atoms with Crippen LogP contribution in [0.4, 0.5) is 0 Å². The highest BCUT2D eigenvalue weighted by Crippen LogP contribution is 2.22. The molecular weight excluding hydrogens is 360 g/mol. The summed E-state index contributed by atoms with van der Waals surface area (Å²) in [6, 6.07) is 13.5. The molecule has 0 aliphatic carbocycles. The summed E-state index contributed by atoms with van der Waals surface area (Å²) < 4.78 is 1.89. The van der Waals surface area contributed by atoms with Crippen LogP contribution in [0.3, 0.4) is 0 Å². The van der Waals surface area contributed by atoms with E-state index < -0.39 is 0 Å². The first-order chi connectivity index (χ1) is 13.8. The molecule has 1 N–H and O–H groups in total. The van der Waals surface area contributed by atoms with Crippen LogP contribution >= 0.6 is 0 Å². The molecule has 1 aromatic carbocycles. The zero-order valence-corrected chi connectivity index (χ0v) is 17.8. The number of nitrogens with one attached hydrogen (secondary N) is 1. The van der Waals surface area contributed by atoms with E-state index >= 15 is 0 Å². The van der Waals surface area contributed by atoms with Crippen molar-refractivity contribution in [2.24, 2.45) is 0 Å². The van der Waals surface area contributed by atoms with Gasteiger partial charge in [-0.25, -0.2) is 0 Å². The largest absolute Gasteiger partial charge is 0.313 e. The van der Waals surface area contributed by atoms with E-state index in [1.165, 1.54) is 5.56 Å². The van der Waals surface area contributed by atoms with Gasteiger partial charge in [-0.3, -0.25) is 9.59 Å². The van der Waals surface area contributed by atoms with E-state index in [0.717, 1.165) is 43.2 Å². The summed E-state index contributed by atoms with van der Waals surface area (Å²) >= 11 is 0. The molecule has 0 atom stereocenters. The standard InChI is InChI=1S/C25H30N2O2/c1-5-20-16-22-15-19(17-28)12-14-27(22)23(20)24(29)21-10-8-18(9-11-21)7-6-13-26-25(2,3)4/h8-12,14-17,26H,5-7,13H2,1-4H3. The average molecular weight is 391 g/mol. The maximum Gasteiger partial charge on any atom is 0.210 e. The Balaban J connectivity index is 1.77. The Kier molecular flexibility index (Phi) is 6.33. The molecule has 0 amide bonds. The van der Waals surface area contributed by atoms with E-state index in [0.29, 0.717) is 16.8 Å². The minimum Gasteiger partial charge on any atom is -0.313 e. The molecule has 152 valence electrons. The maximum atomic E-state index is 13.2. The number of benzene rings is 1. The molecule has 0 radical (unpaired) electrons. The van der Waals surface area contributed by atoms with Crippen LogP contribution in [0, 0.1) is 0 Å². The molecular formula is C25H30N2O2. The number of hydrogen-bond acceptors (Lipinski definition) is 3. The number of aryl methyl sites for hydroxylation is 2. The van der Waals surface area contributed by atoms with Gasteiger partial charge in [0.1, 0.15) is 6.29 Å². The highest BCUT2D eigenvalue weighted by molar-refractivity contribution is 6.09. The molecule has 4 heteroatoms. The fourth-order valence-corrected chi connectivity index (χ4v) is 3.56. The number of fused-ring (bicyclic) bond motifs is 1. The van der Waals surface area contributed by atoms with Crippen molar-refractivity contribution in [1.82, 2.24) is 9.72 Å². The first-order valence-corrected chi connectivity index (χ1v) is 10.3. The fraction of sp³-hybridized carbons (Fsp3) is 0.360. The quantitative estimate of drug-likeness (QED) is 0.339. The third-order valence-corrected chi connectivity index (χ3v) is 5.12. The topological polar surface area (TPSA) is 50.6 Å². The Hall–Kier alpha value is -2.72.